The molecule has 0 aromatic carbocycles. The van der Waals surface area contributed by atoms with Crippen LogP contribution in [0, 0.1) is 29.6 Å². The fraction of sp³-hybridized carbons (Fsp3) is 0.792. The van der Waals surface area contributed by atoms with E-state index in [-0.39, 0.29) is 17.8 Å². The molecule has 29 heavy (non-hydrogen) atoms. The first-order valence-electron chi connectivity index (χ1n) is 11.2. The molecule has 0 amide bonds. The van der Waals surface area contributed by atoms with Gasteiger partial charge in [-0.15, -0.1) is 0 Å². The van der Waals surface area contributed by atoms with Crippen LogP contribution in [0.5, 0.6) is 0 Å². The maximum Gasteiger partial charge on any atom is 0.313 e. The molecule has 0 spiro atoms. The van der Waals surface area contributed by atoms with E-state index in [4.69, 9.17) is 5.11 Å². The number of aliphatic carboxylic acids is 1. The van der Waals surface area contributed by atoms with Gasteiger partial charge < -0.3 is 15.3 Å². The van der Waals surface area contributed by atoms with Crippen LogP contribution in [-0.4, -0.2) is 45.0 Å². The van der Waals surface area contributed by atoms with Gasteiger partial charge in [0.25, 0.3) is 0 Å². The summed E-state index contributed by atoms with van der Waals surface area (Å²) in [5.41, 5.74) is 1.35. The van der Waals surface area contributed by atoms with Crippen molar-refractivity contribution in [2.45, 2.75) is 77.9 Å². The lowest BCUT2D eigenvalue weighted by Crippen LogP contribution is -2.19. The maximum absolute atomic E-state index is 10.6. The molecule has 2 saturated carbocycles. The third-order valence-electron chi connectivity index (χ3n) is 6.64. The third kappa shape index (κ3) is 8.47. The molecule has 0 radical (unpaired) electrons. The van der Waals surface area contributed by atoms with Crippen LogP contribution in [0.3, 0.4) is 0 Å². The van der Waals surface area contributed by atoms with E-state index in [1.54, 1.807) is 0 Å². The van der Waals surface area contributed by atoms with Crippen molar-refractivity contribution in [1.29, 1.82) is 0 Å². The number of carboxylic acid groups (broad SMARTS) is 1. The summed E-state index contributed by atoms with van der Waals surface area (Å²) in [7, 11) is 0. The molecule has 0 aliphatic heterocycles. The van der Waals surface area contributed by atoms with Crippen LogP contribution < -0.4 is 0 Å². The smallest absolute Gasteiger partial charge is 0.313 e. The first-order chi connectivity index (χ1) is 13.8. The number of rotatable bonds is 12. The van der Waals surface area contributed by atoms with Crippen molar-refractivity contribution in [3.63, 3.8) is 0 Å². The molecule has 2 aliphatic rings. The van der Waals surface area contributed by atoms with E-state index >= 15 is 0 Å². The summed E-state index contributed by atoms with van der Waals surface area (Å²) in [5, 5.41) is 29.7. The number of thioether (sulfide) groups is 1. The number of fused-ring (bicyclic) bond motifs is 1. The SMILES string of the molecule is CC(C)=CCCC(C)CC(O)C=C[C@H]1[C@@H]2CC(CCSCC(=O)O)C[C@H]2C[C@@H]1O. The van der Waals surface area contributed by atoms with Gasteiger partial charge in [-0.25, -0.2) is 0 Å². The molecule has 0 heterocycles. The molecule has 3 N–H and O–H groups in total. The topological polar surface area (TPSA) is 77.8 Å². The van der Waals surface area contributed by atoms with Gasteiger partial charge >= 0.3 is 5.97 Å². The Morgan fingerprint density at radius 1 is 1.24 bits per heavy atom. The number of carbonyl (C=O) groups is 1. The molecule has 5 heteroatoms. The number of allylic oxidation sites excluding steroid dienone is 2. The van der Waals surface area contributed by atoms with Crippen LogP contribution >= 0.6 is 11.8 Å². The number of hydrogen-bond donors (Lipinski definition) is 3. The summed E-state index contributed by atoms with van der Waals surface area (Å²) < 4.78 is 0. The minimum atomic E-state index is -0.739. The van der Waals surface area contributed by atoms with Crippen molar-refractivity contribution in [2.75, 3.05) is 11.5 Å². The average Bonchev–Trinajstić information content (AvgIpc) is 3.13. The summed E-state index contributed by atoms with van der Waals surface area (Å²) in [6.45, 7) is 6.43. The molecule has 2 aliphatic carbocycles. The second-order valence-electron chi connectivity index (χ2n) is 9.53. The fourth-order valence-electron chi connectivity index (χ4n) is 5.21. The fourth-order valence-corrected chi connectivity index (χ4v) is 6.03. The Hall–Kier alpha value is -0.780. The Morgan fingerprint density at radius 2 is 2.00 bits per heavy atom. The molecular formula is C24H40O4S. The third-order valence-corrected chi connectivity index (χ3v) is 7.61. The second kappa shape index (κ2) is 12.2. The quantitative estimate of drug-likeness (QED) is 0.307. The van der Waals surface area contributed by atoms with E-state index < -0.39 is 12.1 Å². The first kappa shape index (κ1) is 24.5. The van der Waals surface area contributed by atoms with Gasteiger partial charge in [0.15, 0.2) is 0 Å². The highest BCUT2D eigenvalue weighted by atomic mass is 32.2. The van der Waals surface area contributed by atoms with Crippen LogP contribution in [0.2, 0.25) is 0 Å². The largest absolute Gasteiger partial charge is 0.481 e. The Bertz CT molecular complexity index is 569. The standard InChI is InChI=1S/C24H40O4S/c1-16(2)5-4-6-17(3)11-20(25)7-8-21-22-13-18(9-10-29-15-24(27)28)12-19(22)14-23(21)26/h5,7-8,17-23,25-26H,4,6,9-15H2,1-3H3,(H,27,28)/t17?,18?,19-,20?,21-,22+,23-/m0/s1. The molecule has 0 bridgehead atoms. The van der Waals surface area contributed by atoms with Gasteiger partial charge in [0.05, 0.1) is 18.0 Å². The van der Waals surface area contributed by atoms with Crippen LogP contribution in [-0.2, 0) is 4.79 Å². The zero-order chi connectivity index (χ0) is 21.4. The van der Waals surface area contributed by atoms with Crippen LogP contribution in [0.4, 0.5) is 0 Å². The van der Waals surface area contributed by atoms with Crippen molar-refractivity contribution in [1.82, 2.24) is 0 Å². The van der Waals surface area contributed by atoms with Crippen LogP contribution in [0.25, 0.3) is 0 Å². The van der Waals surface area contributed by atoms with E-state index in [1.807, 2.05) is 6.08 Å². The number of aliphatic hydroxyl groups excluding tert-OH is 2. The van der Waals surface area contributed by atoms with E-state index in [0.29, 0.717) is 23.7 Å². The number of hydrogen-bond acceptors (Lipinski definition) is 4. The lowest BCUT2D eigenvalue weighted by atomic mass is 9.89. The highest BCUT2D eigenvalue weighted by Gasteiger charge is 2.46. The van der Waals surface area contributed by atoms with E-state index in [2.05, 4.69) is 32.9 Å². The normalized spacial score (nSPS) is 31.0. The predicted octanol–water partition coefficient (Wildman–Crippen LogP) is 4.91. The van der Waals surface area contributed by atoms with Crippen molar-refractivity contribution < 1.29 is 20.1 Å². The average molecular weight is 425 g/mol. The highest BCUT2D eigenvalue weighted by Crippen LogP contribution is 2.51. The van der Waals surface area contributed by atoms with Crippen molar-refractivity contribution >= 4 is 17.7 Å². The molecule has 166 valence electrons. The molecule has 0 saturated heterocycles. The van der Waals surface area contributed by atoms with E-state index in [9.17, 15) is 15.0 Å². The Morgan fingerprint density at radius 3 is 2.69 bits per heavy atom. The lowest BCUT2D eigenvalue weighted by Gasteiger charge is -2.20. The summed E-state index contributed by atoms with van der Waals surface area (Å²) >= 11 is 1.50. The molecule has 7 atom stereocenters. The van der Waals surface area contributed by atoms with Gasteiger partial charge in [-0.2, -0.15) is 11.8 Å². The highest BCUT2D eigenvalue weighted by molar-refractivity contribution is 7.99. The van der Waals surface area contributed by atoms with Crippen LogP contribution in [0.1, 0.15) is 65.7 Å². The molecular weight excluding hydrogens is 384 g/mol. The number of aliphatic hydroxyl groups is 2. The van der Waals surface area contributed by atoms with Gasteiger partial charge in [-0.3, -0.25) is 4.79 Å². The Balaban J connectivity index is 1.76. The Kier molecular flexibility index (Phi) is 10.3. The summed E-state index contributed by atoms with van der Waals surface area (Å²) in [5.74, 6) is 2.73. The first-order valence-corrected chi connectivity index (χ1v) is 12.4. The molecule has 2 rings (SSSR count). The zero-order valence-electron chi connectivity index (χ0n) is 18.3. The van der Waals surface area contributed by atoms with Gasteiger partial charge in [0.1, 0.15) is 0 Å². The van der Waals surface area contributed by atoms with E-state index in [1.165, 1.54) is 17.3 Å². The number of carboxylic acids is 1. The van der Waals surface area contributed by atoms with E-state index in [0.717, 1.165) is 50.7 Å². The van der Waals surface area contributed by atoms with Crippen LogP contribution in [0.15, 0.2) is 23.8 Å². The summed E-state index contributed by atoms with van der Waals surface area (Å²) in [6.07, 6.45) is 12.7. The van der Waals surface area contributed by atoms with Crippen molar-refractivity contribution in [3.05, 3.63) is 23.8 Å². The lowest BCUT2D eigenvalue weighted by molar-refractivity contribution is -0.133. The van der Waals surface area contributed by atoms with Gasteiger partial charge in [0, 0.05) is 5.92 Å². The predicted molar refractivity (Wildman–Crippen MR) is 121 cm³/mol. The van der Waals surface area contributed by atoms with Crippen molar-refractivity contribution in [2.24, 2.45) is 29.6 Å². The summed E-state index contributed by atoms with van der Waals surface area (Å²) in [6, 6.07) is 0. The molecule has 2 fully saturated rings. The minimum Gasteiger partial charge on any atom is -0.481 e. The van der Waals surface area contributed by atoms with Gasteiger partial charge in [-0.05, 0) is 88.2 Å². The summed E-state index contributed by atoms with van der Waals surface area (Å²) in [4.78, 5) is 10.6. The molecule has 4 nitrogen and oxygen atoms in total. The minimum absolute atomic E-state index is 0.160. The van der Waals surface area contributed by atoms with Gasteiger partial charge in [-0.1, -0.05) is 30.7 Å². The Labute approximate surface area is 180 Å². The monoisotopic (exact) mass is 424 g/mol. The van der Waals surface area contributed by atoms with Crippen molar-refractivity contribution in [3.8, 4) is 0 Å². The molecule has 0 aromatic rings. The maximum atomic E-state index is 10.6. The molecule has 0 aromatic heterocycles. The second-order valence-corrected chi connectivity index (χ2v) is 10.6. The molecule has 3 unspecified atom stereocenters. The van der Waals surface area contributed by atoms with Gasteiger partial charge in [0.2, 0.25) is 0 Å². The zero-order valence-corrected chi connectivity index (χ0v) is 19.1.